The van der Waals surface area contributed by atoms with E-state index in [0.717, 1.165) is 44.1 Å². The lowest BCUT2D eigenvalue weighted by Gasteiger charge is -2.47. The molecule has 1 fully saturated rings. The Morgan fingerprint density at radius 3 is 2.31 bits per heavy atom. The highest BCUT2D eigenvalue weighted by molar-refractivity contribution is 6.47. The molecule has 1 atom stereocenters. The Hall–Kier alpha value is -3.14. The number of hydrogen-bond acceptors (Lipinski definition) is 6. The van der Waals surface area contributed by atoms with Crippen LogP contribution in [0.15, 0.2) is 52.6 Å². The van der Waals surface area contributed by atoms with E-state index in [2.05, 4.69) is 43.6 Å². The molecule has 2 aromatic carbocycles. The average molecular weight is 615 g/mol. The maximum atomic E-state index is 14.4. The third-order valence-corrected chi connectivity index (χ3v) is 8.84. The highest BCUT2D eigenvalue weighted by atomic mass is 35.5. The van der Waals surface area contributed by atoms with Crippen molar-refractivity contribution < 1.29 is 9.59 Å². The Kier molecular flexibility index (Phi) is 9.85. The third-order valence-electron chi connectivity index (χ3n) is 8.41. The summed E-state index contributed by atoms with van der Waals surface area (Å²) in [5, 5.41) is 7.28. The lowest BCUT2D eigenvalue weighted by atomic mass is 9.69. The Balaban J connectivity index is 1.68. The molecule has 1 unspecified atom stereocenters. The molecule has 1 spiro atoms. The van der Waals surface area contributed by atoms with Gasteiger partial charge in [-0.25, -0.2) is 11.4 Å². The predicted octanol–water partition coefficient (Wildman–Crippen LogP) is 5.56. The highest BCUT2D eigenvalue weighted by Gasteiger charge is 2.52. The van der Waals surface area contributed by atoms with Crippen LogP contribution in [-0.2, 0) is 4.79 Å². The van der Waals surface area contributed by atoms with Crippen molar-refractivity contribution in [3.8, 4) is 0 Å². The zero-order valence-electron chi connectivity index (χ0n) is 24.7. The lowest BCUT2D eigenvalue weighted by Crippen LogP contribution is -2.51. The van der Waals surface area contributed by atoms with Gasteiger partial charge in [0.15, 0.2) is 0 Å². The second-order valence-corrected chi connectivity index (χ2v) is 13.1. The van der Waals surface area contributed by atoms with Crippen molar-refractivity contribution in [2.45, 2.75) is 77.9 Å². The summed E-state index contributed by atoms with van der Waals surface area (Å²) in [6.07, 6.45) is 5.12. The van der Waals surface area contributed by atoms with Gasteiger partial charge in [0.2, 0.25) is 0 Å². The van der Waals surface area contributed by atoms with Crippen LogP contribution in [0.1, 0.15) is 93.7 Å². The minimum Gasteiger partial charge on any atom is -0.384 e. The van der Waals surface area contributed by atoms with E-state index in [0.29, 0.717) is 32.8 Å². The molecule has 2 amide bonds. The van der Waals surface area contributed by atoms with Gasteiger partial charge in [0.05, 0.1) is 12.6 Å². The van der Waals surface area contributed by atoms with Gasteiger partial charge in [0, 0.05) is 21.2 Å². The van der Waals surface area contributed by atoms with Gasteiger partial charge >= 0.3 is 0 Å². The standard InChI is InChI=1S/C31H41Cl2N7O2/c1-5-6-25(19-7-9-20(10-8-19)28(41)36-18-26(34)38-39-35)40-29(42)27(21-15-23(32)17-24(33)16-21)37-31(40)13-11-22(12-14-31)30(2,3)4/h7-10,15-17,22,25,39H,5-6,11-14,18,35H2,1-4H3,(H2,34,38)(H,36,41). The number of nitrogens with two attached hydrogens (primary N) is 2. The van der Waals surface area contributed by atoms with Crippen molar-refractivity contribution in [3.63, 3.8) is 0 Å². The number of amidine groups is 1. The number of aliphatic imine (C=N–C) groups is 1. The Labute approximate surface area is 258 Å². The number of nitrogens with zero attached hydrogens (tertiary/aromatic N) is 3. The van der Waals surface area contributed by atoms with Crippen LogP contribution in [0.25, 0.3) is 0 Å². The fraction of sp³-hybridized carbons (Fsp3) is 0.484. The summed E-state index contributed by atoms with van der Waals surface area (Å²) in [6, 6.07) is 12.3. The molecule has 42 heavy (non-hydrogen) atoms. The average Bonchev–Trinajstić information content (AvgIpc) is 3.21. The molecular weight excluding hydrogens is 573 g/mol. The van der Waals surface area contributed by atoms with Crippen molar-refractivity contribution >= 4 is 46.6 Å². The molecule has 1 saturated carbocycles. The Morgan fingerprint density at radius 2 is 1.76 bits per heavy atom. The molecular formula is C31H41Cl2N7O2. The molecule has 2 aromatic rings. The topological polar surface area (TPSA) is 138 Å². The molecule has 9 nitrogen and oxygen atoms in total. The third kappa shape index (κ3) is 6.90. The summed E-state index contributed by atoms with van der Waals surface area (Å²) < 4.78 is 0. The molecule has 6 N–H and O–H groups in total. The van der Waals surface area contributed by atoms with Gasteiger partial charge in [-0.1, -0.05) is 69.5 Å². The minimum absolute atomic E-state index is 0.0528. The summed E-state index contributed by atoms with van der Waals surface area (Å²) in [7, 11) is 0. The predicted molar refractivity (Wildman–Crippen MR) is 169 cm³/mol. The van der Waals surface area contributed by atoms with E-state index in [1.54, 1.807) is 30.3 Å². The molecule has 11 heteroatoms. The maximum absolute atomic E-state index is 14.4. The van der Waals surface area contributed by atoms with Crippen LogP contribution in [-0.4, -0.2) is 40.5 Å². The second kappa shape index (κ2) is 13.0. The number of hydrogen-bond donors (Lipinski definition) is 4. The van der Waals surface area contributed by atoms with E-state index in [4.69, 9.17) is 39.8 Å². The SMILES string of the molecule is CCCC(c1ccc(C(=O)NC/C(N)=N/NN)cc1)N1C(=O)C(c2cc(Cl)cc(Cl)c2)=NC12CCC(C(C)(C)C)CC2. The summed E-state index contributed by atoms with van der Waals surface area (Å²) in [5.41, 5.74) is 9.77. The van der Waals surface area contributed by atoms with Crippen LogP contribution in [0.5, 0.6) is 0 Å². The Bertz CT molecular complexity index is 1340. The molecule has 0 radical (unpaired) electrons. The molecule has 0 aromatic heterocycles. The molecule has 1 heterocycles. The van der Waals surface area contributed by atoms with Crippen molar-refractivity contribution in [2.24, 2.45) is 33.0 Å². The van der Waals surface area contributed by atoms with Gasteiger partial charge in [-0.15, -0.1) is 0 Å². The van der Waals surface area contributed by atoms with Crippen LogP contribution in [0.2, 0.25) is 10.0 Å². The number of hydrazone groups is 1. The van der Waals surface area contributed by atoms with Gasteiger partial charge in [-0.05, 0) is 79.3 Å². The van der Waals surface area contributed by atoms with Crippen molar-refractivity contribution in [3.05, 3.63) is 69.2 Å². The van der Waals surface area contributed by atoms with Crippen molar-refractivity contribution in [1.82, 2.24) is 15.8 Å². The fourth-order valence-electron chi connectivity index (χ4n) is 6.19. The summed E-state index contributed by atoms with van der Waals surface area (Å²) >= 11 is 12.7. The summed E-state index contributed by atoms with van der Waals surface area (Å²) in [4.78, 5) is 34.3. The first-order valence-corrected chi connectivity index (χ1v) is 15.2. The number of carbonyl (C=O) groups is 2. The van der Waals surface area contributed by atoms with E-state index >= 15 is 0 Å². The molecule has 0 bridgehead atoms. The maximum Gasteiger partial charge on any atom is 0.275 e. The number of carbonyl (C=O) groups excluding carboxylic acids is 2. The van der Waals surface area contributed by atoms with Crippen LogP contribution in [0.4, 0.5) is 0 Å². The molecule has 226 valence electrons. The smallest absolute Gasteiger partial charge is 0.275 e. The van der Waals surface area contributed by atoms with Crippen LogP contribution >= 0.6 is 23.2 Å². The monoisotopic (exact) mass is 613 g/mol. The first-order chi connectivity index (χ1) is 19.9. The molecule has 1 aliphatic carbocycles. The van der Waals surface area contributed by atoms with E-state index in [-0.39, 0.29) is 35.7 Å². The van der Waals surface area contributed by atoms with Crippen molar-refractivity contribution in [2.75, 3.05) is 6.54 Å². The number of nitrogens with one attached hydrogen (secondary N) is 2. The van der Waals surface area contributed by atoms with E-state index in [1.165, 1.54) is 0 Å². The number of hydrazine groups is 1. The first kappa shape index (κ1) is 31.8. The molecule has 4 rings (SSSR count). The van der Waals surface area contributed by atoms with Crippen LogP contribution in [0.3, 0.4) is 0 Å². The molecule has 0 saturated heterocycles. The second-order valence-electron chi connectivity index (χ2n) is 12.3. The van der Waals surface area contributed by atoms with E-state index in [1.807, 2.05) is 17.0 Å². The molecule has 1 aliphatic heterocycles. The van der Waals surface area contributed by atoms with E-state index in [9.17, 15) is 9.59 Å². The summed E-state index contributed by atoms with van der Waals surface area (Å²) in [6.45, 7) is 9.01. The van der Waals surface area contributed by atoms with Crippen molar-refractivity contribution in [1.29, 1.82) is 0 Å². The van der Waals surface area contributed by atoms with Gasteiger partial charge in [0.25, 0.3) is 11.8 Å². The Morgan fingerprint density at radius 1 is 1.14 bits per heavy atom. The largest absolute Gasteiger partial charge is 0.384 e. The van der Waals surface area contributed by atoms with Gasteiger partial charge < -0.3 is 16.0 Å². The van der Waals surface area contributed by atoms with Gasteiger partial charge in [-0.3, -0.25) is 14.6 Å². The summed E-state index contributed by atoms with van der Waals surface area (Å²) in [5.74, 6) is 5.42. The number of benzene rings is 2. The van der Waals surface area contributed by atoms with E-state index < -0.39 is 5.66 Å². The quantitative estimate of drug-likeness (QED) is 0.127. The van der Waals surface area contributed by atoms with Gasteiger partial charge in [-0.2, -0.15) is 5.10 Å². The number of halogens is 2. The van der Waals surface area contributed by atoms with Gasteiger partial charge in [0.1, 0.15) is 17.2 Å². The fourth-order valence-corrected chi connectivity index (χ4v) is 6.72. The minimum atomic E-state index is -0.660. The zero-order chi connectivity index (χ0) is 30.7. The normalized spacial score (nSPS) is 21.8. The number of amides is 2. The van der Waals surface area contributed by atoms with Crippen LogP contribution in [0, 0.1) is 11.3 Å². The first-order valence-electron chi connectivity index (χ1n) is 14.4. The zero-order valence-corrected chi connectivity index (χ0v) is 26.2. The molecule has 2 aliphatic rings. The lowest BCUT2D eigenvalue weighted by molar-refractivity contribution is -0.133. The van der Waals surface area contributed by atoms with Crippen LogP contribution < -0.4 is 22.4 Å². The highest BCUT2D eigenvalue weighted by Crippen LogP contribution is 2.50. The number of rotatable bonds is 9.